The number of piperazine rings is 1. The number of rotatable bonds is 9. The first-order valence-electron chi connectivity index (χ1n) is 11.3. The lowest BCUT2D eigenvalue weighted by Gasteiger charge is -2.36. The van der Waals surface area contributed by atoms with E-state index in [-0.39, 0.29) is 17.4 Å². The van der Waals surface area contributed by atoms with Crippen LogP contribution in [0.5, 0.6) is 5.75 Å². The summed E-state index contributed by atoms with van der Waals surface area (Å²) >= 11 is 5.39. The molecule has 0 saturated carbocycles. The van der Waals surface area contributed by atoms with Crippen LogP contribution in [0.2, 0.25) is 0 Å². The second-order valence-corrected chi connectivity index (χ2v) is 8.18. The van der Waals surface area contributed by atoms with Gasteiger partial charge >= 0.3 is 5.97 Å². The first-order chi connectivity index (χ1) is 16.5. The van der Waals surface area contributed by atoms with Gasteiger partial charge in [0.2, 0.25) is 5.91 Å². The van der Waals surface area contributed by atoms with Crippen molar-refractivity contribution < 1.29 is 23.9 Å². The highest BCUT2D eigenvalue weighted by molar-refractivity contribution is 7.80. The van der Waals surface area contributed by atoms with Crippen LogP contribution >= 0.6 is 12.2 Å². The minimum absolute atomic E-state index is 0.0938. The lowest BCUT2D eigenvalue weighted by Crippen LogP contribution is -2.60. The summed E-state index contributed by atoms with van der Waals surface area (Å²) in [5.74, 6) is -0.549. The molecule has 180 valence electrons. The molecule has 2 N–H and O–H groups in total. The van der Waals surface area contributed by atoms with Crippen molar-refractivity contribution in [2.45, 2.75) is 32.2 Å². The summed E-state index contributed by atoms with van der Waals surface area (Å²) in [5.41, 5.74) is 1.59. The normalized spacial score (nSPS) is 15.3. The Morgan fingerprint density at radius 2 is 1.85 bits per heavy atom. The van der Waals surface area contributed by atoms with Crippen molar-refractivity contribution in [2.75, 3.05) is 26.3 Å². The summed E-state index contributed by atoms with van der Waals surface area (Å²) in [7, 11) is 0. The number of hydrogen-bond acceptors (Lipinski definition) is 6. The van der Waals surface area contributed by atoms with E-state index in [1.54, 1.807) is 29.2 Å². The molecule has 0 radical (unpaired) electrons. The number of amides is 2. The first kappa shape index (κ1) is 25.2. The van der Waals surface area contributed by atoms with Crippen LogP contribution in [-0.2, 0) is 20.7 Å². The molecular formula is C25H29N3O5S. The molecule has 1 fully saturated rings. The Labute approximate surface area is 204 Å². The zero-order valence-corrected chi connectivity index (χ0v) is 19.9. The molecule has 0 bridgehead atoms. The average Bonchev–Trinajstić information content (AvgIpc) is 2.85. The number of nitrogens with one attached hydrogen (secondary N) is 2. The highest BCUT2D eigenvalue weighted by Gasteiger charge is 2.34. The molecule has 0 aromatic heterocycles. The molecule has 0 spiro atoms. The van der Waals surface area contributed by atoms with Crippen molar-refractivity contribution in [1.82, 2.24) is 15.5 Å². The Kier molecular flexibility index (Phi) is 9.40. The third kappa shape index (κ3) is 7.28. The molecule has 8 nitrogen and oxygen atoms in total. The molecule has 1 heterocycles. The molecule has 0 aliphatic carbocycles. The molecule has 3 rings (SSSR count). The predicted octanol–water partition coefficient (Wildman–Crippen LogP) is 2.47. The van der Waals surface area contributed by atoms with E-state index in [0.29, 0.717) is 44.0 Å². The fourth-order valence-electron chi connectivity index (χ4n) is 3.47. The van der Waals surface area contributed by atoms with Crippen molar-refractivity contribution in [3.05, 3.63) is 65.7 Å². The van der Waals surface area contributed by atoms with E-state index in [4.69, 9.17) is 21.7 Å². The van der Waals surface area contributed by atoms with Crippen molar-refractivity contribution in [3.8, 4) is 5.75 Å². The summed E-state index contributed by atoms with van der Waals surface area (Å²) in [6.45, 7) is 3.45. The standard InChI is InChI=1S/C25H29N3O5S/c1-2-15-33-22(29)17-21-24(31)26-13-14-28(21)25(34)27-23(30)19-8-10-20(11-9-19)32-16-12-18-6-4-3-5-7-18/h3-11,21H,2,12-17H2,1H3,(H,26,31)(H,27,30,34). The Morgan fingerprint density at radius 3 is 2.56 bits per heavy atom. The fourth-order valence-corrected chi connectivity index (χ4v) is 3.78. The van der Waals surface area contributed by atoms with Gasteiger partial charge in [-0.1, -0.05) is 37.3 Å². The van der Waals surface area contributed by atoms with E-state index in [0.717, 1.165) is 6.42 Å². The number of carbonyl (C=O) groups is 3. The second kappa shape index (κ2) is 12.7. The van der Waals surface area contributed by atoms with Gasteiger partial charge in [0.15, 0.2) is 5.11 Å². The highest BCUT2D eigenvalue weighted by atomic mass is 32.1. The third-order valence-corrected chi connectivity index (χ3v) is 5.59. The quantitative estimate of drug-likeness (QED) is 0.418. The van der Waals surface area contributed by atoms with Gasteiger partial charge in [-0.05, 0) is 48.5 Å². The van der Waals surface area contributed by atoms with Crippen LogP contribution in [-0.4, -0.2) is 60.1 Å². The molecular weight excluding hydrogens is 454 g/mol. The van der Waals surface area contributed by atoms with Gasteiger partial charge in [-0.3, -0.25) is 19.7 Å². The molecule has 1 saturated heterocycles. The minimum atomic E-state index is -0.828. The number of hydrogen-bond donors (Lipinski definition) is 2. The summed E-state index contributed by atoms with van der Waals surface area (Å²) in [6.07, 6.45) is 1.34. The van der Waals surface area contributed by atoms with Crippen LogP contribution < -0.4 is 15.4 Å². The van der Waals surface area contributed by atoms with E-state index in [2.05, 4.69) is 10.6 Å². The van der Waals surface area contributed by atoms with Gasteiger partial charge in [-0.15, -0.1) is 0 Å². The number of nitrogens with zero attached hydrogens (tertiary/aromatic N) is 1. The van der Waals surface area contributed by atoms with Gasteiger partial charge in [0.25, 0.3) is 5.91 Å². The van der Waals surface area contributed by atoms with Crippen molar-refractivity contribution in [1.29, 1.82) is 0 Å². The maximum absolute atomic E-state index is 12.7. The Balaban J connectivity index is 1.53. The number of thiocarbonyl (C=S) groups is 1. The average molecular weight is 484 g/mol. The van der Waals surface area contributed by atoms with E-state index >= 15 is 0 Å². The van der Waals surface area contributed by atoms with E-state index in [1.165, 1.54) is 5.56 Å². The Hall–Kier alpha value is -3.46. The molecule has 1 atom stereocenters. The lowest BCUT2D eigenvalue weighted by molar-refractivity contribution is -0.147. The van der Waals surface area contributed by atoms with Gasteiger partial charge in [0.1, 0.15) is 11.8 Å². The van der Waals surface area contributed by atoms with Crippen molar-refractivity contribution in [3.63, 3.8) is 0 Å². The van der Waals surface area contributed by atoms with Crippen molar-refractivity contribution >= 4 is 35.1 Å². The van der Waals surface area contributed by atoms with E-state index in [9.17, 15) is 14.4 Å². The maximum Gasteiger partial charge on any atom is 0.308 e. The second-order valence-electron chi connectivity index (χ2n) is 7.79. The Morgan fingerprint density at radius 1 is 1.12 bits per heavy atom. The lowest BCUT2D eigenvalue weighted by atomic mass is 10.1. The third-order valence-electron chi connectivity index (χ3n) is 5.26. The molecule has 1 aliphatic rings. The molecule has 2 amide bonds. The van der Waals surface area contributed by atoms with E-state index in [1.807, 2.05) is 37.3 Å². The summed E-state index contributed by atoms with van der Waals surface area (Å²) < 4.78 is 10.9. The summed E-state index contributed by atoms with van der Waals surface area (Å²) in [4.78, 5) is 38.6. The first-order valence-corrected chi connectivity index (χ1v) is 11.7. The number of esters is 1. The monoisotopic (exact) mass is 483 g/mol. The summed E-state index contributed by atoms with van der Waals surface area (Å²) in [6, 6.07) is 16.0. The smallest absolute Gasteiger partial charge is 0.308 e. The largest absolute Gasteiger partial charge is 0.493 e. The molecule has 34 heavy (non-hydrogen) atoms. The van der Waals surface area contributed by atoms with Gasteiger partial charge in [-0.25, -0.2) is 0 Å². The van der Waals surface area contributed by atoms with Crippen LogP contribution in [0.25, 0.3) is 0 Å². The predicted molar refractivity (Wildman–Crippen MR) is 132 cm³/mol. The fraction of sp³-hybridized carbons (Fsp3) is 0.360. The number of carbonyl (C=O) groups excluding carboxylic acids is 3. The molecule has 9 heteroatoms. The van der Waals surface area contributed by atoms with E-state index < -0.39 is 17.9 Å². The molecule has 1 aliphatic heterocycles. The minimum Gasteiger partial charge on any atom is -0.493 e. The van der Waals surface area contributed by atoms with Gasteiger partial charge in [-0.2, -0.15) is 0 Å². The zero-order valence-electron chi connectivity index (χ0n) is 19.1. The number of benzene rings is 2. The van der Waals surface area contributed by atoms with Crippen LogP contribution in [0.3, 0.4) is 0 Å². The maximum atomic E-state index is 12.7. The number of ether oxygens (including phenoxy) is 2. The molecule has 2 aromatic carbocycles. The van der Waals surface area contributed by atoms with Crippen LogP contribution in [0.1, 0.15) is 35.7 Å². The SMILES string of the molecule is CCCOC(=O)CC1C(=O)NCCN1C(=S)NC(=O)c1ccc(OCCc2ccccc2)cc1. The van der Waals surface area contributed by atoms with Crippen LogP contribution in [0.4, 0.5) is 0 Å². The zero-order chi connectivity index (χ0) is 24.3. The Bertz CT molecular complexity index is 997. The van der Waals surface area contributed by atoms with Gasteiger partial charge in [0, 0.05) is 25.1 Å². The molecule has 1 unspecified atom stereocenters. The molecule has 2 aromatic rings. The van der Waals surface area contributed by atoms with Gasteiger partial charge < -0.3 is 19.7 Å². The highest BCUT2D eigenvalue weighted by Crippen LogP contribution is 2.14. The summed E-state index contributed by atoms with van der Waals surface area (Å²) in [5, 5.41) is 5.48. The van der Waals surface area contributed by atoms with Gasteiger partial charge in [0.05, 0.1) is 19.6 Å². The van der Waals surface area contributed by atoms with Crippen LogP contribution in [0, 0.1) is 0 Å². The van der Waals surface area contributed by atoms with Crippen molar-refractivity contribution in [2.24, 2.45) is 0 Å². The topological polar surface area (TPSA) is 97.0 Å². The van der Waals surface area contributed by atoms with Crippen LogP contribution in [0.15, 0.2) is 54.6 Å².